The van der Waals surface area contributed by atoms with Crippen LogP contribution in [0.25, 0.3) is 0 Å². The SMILES string of the molecule is Cc1c(S(=O)(=O)N(C)Cc2ccc(Cl)cc2)c(N)nn1C. The number of aryl methyl sites for hydroxylation is 1. The quantitative estimate of drug-likeness (QED) is 0.927. The Hall–Kier alpha value is -1.57. The molecule has 0 aliphatic carbocycles. The van der Waals surface area contributed by atoms with Crippen molar-refractivity contribution in [3.63, 3.8) is 0 Å². The summed E-state index contributed by atoms with van der Waals surface area (Å²) in [5, 5.41) is 4.56. The minimum absolute atomic E-state index is 0.0120. The average molecular weight is 329 g/mol. The molecule has 0 aliphatic heterocycles. The molecule has 2 N–H and O–H groups in total. The van der Waals surface area contributed by atoms with Crippen LogP contribution in [-0.4, -0.2) is 29.6 Å². The van der Waals surface area contributed by atoms with Crippen molar-refractivity contribution in [2.75, 3.05) is 12.8 Å². The first kappa shape index (κ1) is 15.8. The molecule has 1 aromatic heterocycles. The summed E-state index contributed by atoms with van der Waals surface area (Å²) in [6, 6.07) is 7.02. The molecule has 2 rings (SSSR count). The van der Waals surface area contributed by atoms with E-state index in [4.69, 9.17) is 17.3 Å². The van der Waals surface area contributed by atoms with E-state index in [-0.39, 0.29) is 17.3 Å². The summed E-state index contributed by atoms with van der Waals surface area (Å²) in [5.41, 5.74) is 7.07. The van der Waals surface area contributed by atoms with Gasteiger partial charge in [0.25, 0.3) is 0 Å². The normalized spacial score (nSPS) is 12.0. The molecule has 0 bridgehead atoms. The minimum atomic E-state index is -3.70. The predicted molar refractivity (Wildman–Crippen MR) is 82.5 cm³/mol. The summed E-state index contributed by atoms with van der Waals surface area (Å²) >= 11 is 5.82. The molecule has 1 heterocycles. The van der Waals surface area contributed by atoms with Gasteiger partial charge >= 0.3 is 0 Å². The lowest BCUT2D eigenvalue weighted by Gasteiger charge is -2.17. The van der Waals surface area contributed by atoms with Gasteiger partial charge < -0.3 is 5.73 Å². The first-order chi connectivity index (χ1) is 9.73. The lowest BCUT2D eigenvalue weighted by molar-refractivity contribution is 0.466. The number of sulfonamides is 1. The van der Waals surface area contributed by atoms with Crippen LogP contribution < -0.4 is 5.73 Å². The number of benzene rings is 1. The second kappa shape index (κ2) is 5.67. The van der Waals surface area contributed by atoms with Crippen LogP contribution in [0.1, 0.15) is 11.3 Å². The van der Waals surface area contributed by atoms with Gasteiger partial charge in [-0.05, 0) is 24.6 Å². The van der Waals surface area contributed by atoms with E-state index in [9.17, 15) is 8.42 Å². The van der Waals surface area contributed by atoms with E-state index < -0.39 is 10.0 Å². The Morgan fingerprint density at radius 2 is 1.90 bits per heavy atom. The Morgan fingerprint density at radius 1 is 1.33 bits per heavy atom. The van der Waals surface area contributed by atoms with Crippen LogP contribution in [0.3, 0.4) is 0 Å². The van der Waals surface area contributed by atoms with E-state index in [1.807, 2.05) is 0 Å². The zero-order valence-electron chi connectivity index (χ0n) is 12.0. The Labute approximate surface area is 129 Å². The molecule has 8 heteroatoms. The van der Waals surface area contributed by atoms with E-state index >= 15 is 0 Å². The molecule has 2 aromatic rings. The summed E-state index contributed by atoms with van der Waals surface area (Å²) < 4.78 is 28.0. The largest absolute Gasteiger partial charge is 0.381 e. The molecule has 0 atom stereocenters. The summed E-state index contributed by atoms with van der Waals surface area (Å²) in [4.78, 5) is 0.0569. The molecule has 0 saturated heterocycles. The topological polar surface area (TPSA) is 81.2 Å². The second-order valence-electron chi connectivity index (χ2n) is 4.81. The van der Waals surface area contributed by atoms with E-state index in [2.05, 4.69) is 5.10 Å². The third kappa shape index (κ3) is 3.04. The average Bonchev–Trinajstić information content (AvgIpc) is 2.66. The van der Waals surface area contributed by atoms with E-state index in [0.29, 0.717) is 10.7 Å². The van der Waals surface area contributed by atoms with Gasteiger partial charge in [-0.15, -0.1) is 0 Å². The van der Waals surface area contributed by atoms with Gasteiger partial charge in [-0.25, -0.2) is 8.42 Å². The molecule has 0 aliphatic rings. The van der Waals surface area contributed by atoms with Gasteiger partial charge in [0.15, 0.2) is 5.82 Å². The molecule has 0 fully saturated rings. The number of aromatic nitrogens is 2. The van der Waals surface area contributed by atoms with Crippen LogP contribution in [-0.2, 0) is 23.6 Å². The summed E-state index contributed by atoms with van der Waals surface area (Å²) in [5.74, 6) is 0.0120. The molecule has 114 valence electrons. The van der Waals surface area contributed by atoms with Crippen molar-refractivity contribution in [1.29, 1.82) is 0 Å². The number of nitrogens with two attached hydrogens (primary N) is 1. The van der Waals surface area contributed by atoms with Crippen LogP contribution in [0.2, 0.25) is 5.02 Å². The monoisotopic (exact) mass is 328 g/mol. The van der Waals surface area contributed by atoms with Crippen molar-refractivity contribution in [1.82, 2.24) is 14.1 Å². The highest BCUT2D eigenvalue weighted by molar-refractivity contribution is 7.89. The first-order valence-electron chi connectivity index (χ1n) is 6.23. The molecule has 1 aromatic carbocycles. The molecular formula is C13H17ClN4O2S. The predicted octanol–water partition coefficient (Wildman–Crippen LogP) is 1.78. The maximum Gasteiger partial charge on any atom is 0.248 e. The van der Waals surface area contributed by atoms with Gasteiger partial charge in [-0.3, -0.25) is 4.68 Å². The van der Waals surface area contributed by atoms with Gasteiger partial charge in [0.2, 0.25) is 10.0 Å². The summed E-state index contributed by atoms with van der Waals surface area (Å²) in [7, 11) is -0.529. The van der Waals surface area contributed by atoms with E-state index in [1.54, 1.807) is 38.2 Å². The van der Waals surface area contributed by atoms with Gasteiger partial charge in [-0.1, -0.05) is 23.7 Å². The van der Waals surface area contributed by atoms with Gasteiger partial charge in [0.05, 0.1) is 5.69 Å². The molecular weight excluding hydrogens is 312 g/mol. The van der Waals surface area contributed by atoms with Crippen molar-refractivity contribution >= 4 is 27.4 Å². The molecule has 21 heavy (non-hydrogen) atoms. The molecule has 0 radical (unpaired) electrons. The fourth-order valence-corrected chi connectivity index (χ4v) is 3.59. The summed E-state index contributed by atoms with van der Waals surface area (Å²) in [6.07, 6.45) is 0. The highest BCUT2D eigenvalue weighted by atomic mass is 35.5. The third-order valence-corrected chi connectivity index (χ3v) is 5.51. The number of hydrogen-bond acceptors (Lipinski definition) is 4. The second-order valence-corrected chi connectivity index (χ2v) is 7.23. The van der Waals surface area contributed by atoms with Crippen molar-refractivity contribution in [2.45, 2.75) is 18.4 Å². The lowest BCUT2D eigenvalue weighted by atomic mass is 10.2. The zero-order valence-corrected chi connectivity index (χ0v) is 13.6. The summed E-state index contributed by atoms with van der Waals surface area (Å²) in [6.45, 7) is 1.90. The Balaban J connectivity index is 2.32. The van der Waals surface area contributed by atoms with Crippen LogP contribution in [0.15, 0.2) is 29.2 Å². The number of hydrogen-bond donors (Lipinski definition) is 1. The number of halogens is 1. The van der Waals surface area contributed by atoms with Crippen LogP contribution in [0, 0.1) is 6.92 Å². The van der Waals surface area contributed by atoms with Gasteiger partial charge in [0.1, 0.15) is 4.90 Å². The molecule has 6 nitrogen and oxygen atoms in total. The van der Waals surface area contributed by atoms with Crippen molar-refractivity contribution in [2.24, 2.45) is 7.05 Å². The molecule has 0 saturated carbocycles. The minimum Gasteiger partial charge on any atom is -0.381 e. The van der Waals surface area contributed by atoms with Crippen molar-refractivity contribution in [3.8, 4) is 0 Å². The van der Waals surface area contributed by atoms with Crippen LogP contribution >= 0.6 is 11.6 Å². The van der Waals surface area contributed by atoms with Crippen LogP contribution in [0.4, 0.5) is 5.82 Å². The third-order valence-electron chi connectivity index (χ3n) is 3.29. The zero-order chi connectivity index (χ0) is 15.8. The maximum atomic E-state index is 12.6. The fraction of sp³-hybridized carbons (Fsp3) is 0.308. The highest BCUT2D eigenvalue weighted by Gasteiger charge is 2.28. The first-order valence-corrected chi connectivity index (χ1v) is 8.05. The van der Waals surface area contributed by atoms with Crippen LogP contribution in [0.5, 0.6) is 0 Å². The number of rotatable bonds is 4. The Bertz CT molecular complexity index is 753. The smallest absolute Gasteiger partial charge is 0.248 e. The molecule has 0 unspecified atom stereocenters. The number of nitrogens with zero attached hydrogens (tertiary/aromatic N) is 3. The molecule has 0 spiro atoms. The van der Waals surface area contributed by atoms with E-state index in [0.717, 1.165) is 5.56 Å². The lowest BCUT2D eigenvalue weighted by Crippen LogP contribution is -2.27. The number of nitrogen functional groups attached to an aromatic ring is 1. The highest BCUT2D eigenvalue weighted by Crippen LogP contribution is 2.25. The van der Waals surface area contributed by atoms with Gasteiger partial charge in [-0.2, -0.15) is 9.40 Å². The Morgan fingerprint density at radius 3 is 2.38 bits per heavy atom. The van der Waals surface area contributed by atoms with Crippen molar-refractivity contribution < 1.29 is 8.42 Å². The standard InChI is InChI=1S/C13H17ClN4O2S/c1-9-12(13(15)16-18(9)3)21(19,20)17(2)8-10-4-6-11(14)7-5-10/h4-7H,8H2,1-3H3,(H2,15,16). The maximum absolute atomic E-state index is 12.6. The van der Waals surface area contributed by atoms with E-state index in [1.165, 1.54) is 16.0 Å². The van der Waals surface area contributed by atoms with Crippen molar-refractivity contribution in [3.05, 3.63) is 40.5 Å². The number of anilines is 1. The molecule has 0 amide bonds. The fourth-order valence-electron chi connectivity index (χ4n) is 2.02. The Kier molecular flexibility index (Phi) is 4.27. The van der Waals surface area contributed by atoms with Gasteiger partial charge in [0, 0.05) is 25.7 Å².